The summed E-state index contributed by atoms with van der Waals surface area (Å²) in [5.74, 6) is 0.970. The lowest BCUT2D eigenvalue weighted by Crippen LogP contribution is -2.48. The Hall–Kier alpha value is -0.0400. The van der Waals surface area contributed by atoms with Crippen molar-refractivity contribution in [2.75, 3.05) is 0 Å². The molecule has 0 heterocycles. The predicted octanol–water partition coefficient (Wildman–Crippen LogP) is 2.73. The van der Waals surface area contributed by atoms with Crippen LogP contribution in [0.1, 0.15) is 52.4 Å². The van der Waals surface area contributed by atoms with Crippen molar-refractivity contribution >= 4 is 0 Å². The summed E-state index contributed by atoms with van der Waals surface area (Å²) in [4.78, 5) is 0. The van der Waals surface area contributed by atoms with Crippen LogP contribution in [-0.2, 0) is 0 Å². The fourth-order valence-electron chi connectivity index (χ4n) is 2.79. The number of rotatable bonds is 3. The molecule has 0 amide bonds. The van der Waals surface area contributed by atoms with E-state index in [9.17, 15) is 5.11 Å². The van der Waals surface area contributed by atoms with E-state index in [-0.39, 0.29) is 5.60 Å². The van der Waals surface area contributed by atoms with Gasteiger partial charge in [-0.2, -0.15) is 0 Å². The molecule has 0 atom stereocenters. The molecular formula is C11H20O. The van der Waals surface area contributed by atoms with E-state index in [1.165, 1.54) is 19.3 Å². The Morgan fingerprint density at radius 3 is 2.25 bits per heavy atom. The fraction of sp³-hybridized carbons (Fsp3) is 1.00. The second-order valence-corrected chi connectivity index (χ2v) is 5.72. The third-order valence-corrected chi connectivity index (χ3v) is 3.33. The quantitative estimate of drug-likeness (QED) is 0.687. The average Bonchev–Trinajstić information content (AvgIpc) is 2.60. The fourth-order valence-corrected chi connectivity index (χ4v) is 2.79. The van der Waals surface area contributed by atoms with Crippen LogP contribution in [0.25, 0.3) is 0 Å². The van der Waals surface area contributed by atoms with Crippen LogP contribution in [-0.4, -0.2) is 10.7 Å². The van der Waals surface area contributed by atoms with Crippen LogP contribution in [0.15, 0.2) is 0 Å². The molecule has 0 saturated heterocycles. The van der Waals surface area contributed by atoms with Crippen molar-refractivity contribution in [3.63, 3.8) is 0 Å². The Bertz CT molecular complexity index is 171. The molecule has 2 rings (SSSR count). The molecule has 2 aliphatic carbocycles. The first-order chi connectivity index (χ1) is 5.49. The van der Waals surface area contributed by atoms with Gasteiger partial charge in [0.2, 0.25) is 0 Å². The van der Waals surface area contributed by atoms with Gasteiger partial charge < -0.3 is 5.11 Å². The zero-order valence-corrected chi connectivity index (χ0v) is 8.27. The van der Waals surface area contributed by atoms with E-state index >= 15 is 0 Å². The highest BCUT2D eigenvalue weighted by Gasteiger charge is 2.47. The highest BCUT2D eigenvalue weighted by atomic mass is 16.3. The predicted molar refractivity (Wildman–Crippen MR) is 49.9 cm³/mol. The Balaban J connectivity index is 1.73. The van der Waals surface area contributed by atoms with E-state index < -0.39 is 0 Å². The standard InChI is InChI=1S/C11H20O/c1-10(2)7-11(12,8-10)6-5-9-3-4-9/h9,12H,3-8H2,1-2H3. The van der Waals surface area contributed by atoms with E-state index in [1.54, 1.807) is 0 Å². The van der Waals surface area contributed by atoms with Crippen LogP contribution in [0.5, 0.6) is 0 Å². The van der Waals surface area contributed by atoms with Gasteiger partial charge in [0.25, 0.3) is 0 Å². The lowest BCUT2D eigenvalue weighted by Gasteiger charge is -2.50. The van der Waals surface area contributed by atoms with Crippen LogP contribution >= 0.6 is 0 Å². The summed E-state index contributed by atoms with van der Waals surface area (Å²) in [6, 6.07) is 0. The van der Waals surface area contributed by atoms with E-state index in [0.717, 1.165) is 25.2 Å². The SMILES string of the molecule is CC1(C)CC(O)(CCC2CC2)C1. The molecule has 2 aliphatic rings. The van der Waals surface area contributed by atoms with Gasteiger partial charge >= 0.3 is 0 Å². The van der Waals surface area contributed by atoms with Crippen LogP contribution in [0.4, 0.5) is 0 Å². The zero-order chi connectivity index (χ0) is 8.82. The maximum Gasteiger partial charge on any atom is 0.0658 e. The molecule has 0 radical (unpaired) electrons. The van der Waals surface area contributed by atoms with E-state index in [0.29, 0.717) is 5.41 Å². The van der Waals surface area contributed by atoms with Crippen molar-refractivity contribution in [1.29, 1.82) is 0 Å². The maximum absolute atomic E-state index is 10.0. The van der Waals surface area contributed by atoms with Gasteiger partial charge in [-0.15, -0.1) is 0 Å². The van der Waals surface area contributed by atoms with Crippen LogP contribution < -0.4 is 0 Å². The molecule has 0 bridgehead atoms. The molecule has 2 fully saturated rings. The molecule has 1 nitrogen and oxygen atoms in total. The third-order valence-electron chi connectivity index (χ3n) is 3.33. The van der Waals surface area contributed by atoms with Gasteiger partial charge in [0.1, 0.15) is 0 Å². The topological polar surface area (TPSA) is 20.2 Å². The van der Waals surface area contributed by atoms with Crippen molar-refractivity contribution in [1.82, 2.24) is 0 Å². The minimum Gasteiger partial charge on any atom is -0.390 e. The molecule has 0 aromatic carbocycles. The molecule has 0 aromatic heterocycles. The van der Waals surface area contributed by atoms with Gasteiger partial charge in [-0.05, 0) is 37.0 Å². The zero-order valence-electron chi connectivity index (χ0n) is 8.27. The molecule has 0 unspecified atom stereocenters. The molecule has 2 saturated carbocycles. The number of aliphatic hydroxyl groups is 1. The summed E-state index contributed by atoms with van der Waals surface area (Å²) in [6.45, 7) is 4.50. The molecule has 12 heavy (non-hydrogen) atoms. The highest BCUT2D eigenvalue weighted by Crippen LogP contribution is 2.51. The molecule has 1 heteroatoms. The summed E-state index contributed by atoms with van der Waals surface area (Å²) in [5.41, 5.74) is 0.143. The average molecular weight is 168 g/mol. The monoisotopic (exact) mass is 168 g/mol. The normalized spacial score (nSPS) is 31.2. The van der Waals surface area contributed by atoms with Crippen molar-refractivity contribution in [3.05, 3.63) is 0 Å². The van der Waals surface area contributed by atoms with Gasteiger partial charge in [0.05, 0.1) is 5.60 Å². The summed E-state index contributed by atoms with van der Waals surface area (Å²) >= 11 is 0. The van der Waals surface area contributed by atoms with Gasteiger partial charge in [-0.1, -0.05) is 26.7 Å². The lowest BCUT2D eigenvalue weighted by molar-refractivity contribution is -0.119. The van der Waals surface area contributed by atoms with Crippen molar-refractivity contribution in [2.45, 2.75) is 58.0 Å². The minimum absolute atomic E-state index is 0.272. The smallest absolute Gasteiger partial charge is 0.0658 e. The molecule has 70 valence electrons. The van der Waals surface area contributed by atoms with Gasteiger partial charge in [-0.3, -0.25) is 0 Å². The first-order valence-electron chi connectivity index (χ1n) is 5.22. The highest BCUT2D eigenvalue weighted by molar-refractivity contribution is 4.99. The Kier molecular flexibility index (Phi) is 1.76. The number of hydrogen-bond acceptors (Lipinski definition) is 1. The van der Waals surface area contributed by atoms with Crippen molar-refractivity contribution in [2.24, 2.45) is 11.3 Å². The van der Waals surface area contributed by atoms with Gasteiger partial charge in [0.15, 0.2) is 0 Å². The van der Waals surface area contributed by atoms with Gasteiger partial charge in [0, 0.05) is 0 Å². The summed E-state index contributed by atoms with van der Waals surface area (Å²) < 4.78 is 0. The van der Waals surface area contributed by atoms with E-state index in [4.69, 9.17) is 0 Å². The lowest BCUT2D eigenvalue weighted by atomic mass is 9.60. The molecule has 0 aliphatic heterocycles. The van der Waals surface area contributed by atoms with Crippen LogP contribution in [0.2, 0.25) is 0 Å². The molecule has 0 aromatic rings. The van der Waals surface area contributed by atoms with Gasteiger partial charge in [-0.25, -0.2) is 0 Å². The Morgan fingerprint density at radius 2 is 1.83 bits per heavy atom. The third kappa shape index (κ3) is 1.82. The second-order valence-electron chi connectivity index (χ2n) is 5.72. The molecule has 0 spiro atoms. The summed E-state index contributed by atoms with van der Waals surface area (Å²) in [7, 11) is 0. The first-order valence-corrected chi connectivity index (χ1v) is 5.22. The minimum atomic E-state index is -0.272. The van der Waals surface area contributed by atoms with Crippen molar-refractivity contribution in [3.8, 4) is 0 Å². The molecule has 1 N–H and O–H groups in total. The first kappa shape index (κ1) is 8.55. The van der Waals surface area contributed by atoms with Crippen LogP contribution in [0, 0.1) is 11.3 Å². The summed E-state index contributed by atoms with van der Waals surface area (Å²) in [6.07, 6.45) is 7.20. The Labute approximate surface area is 75.2 Å². The number of hydrogen-bond donors (Lipinski definition) is 1. The molecular weight excluding hydrogens is 148 g/mol. The Morgan fingerprint density at radius 1 is 1.25 bits per heavy atom. The maximum atomic E-state index is 10.0. The van der Waals surface area contributed by atoms with Crippen LogP contribution in [0.3, 0.4) is 0 Å². The summed E-state index contributed by atoms with van der Waals surface area (Å²) in [5, 5.41) is 10.0. The second kappa shape index (κ2) is 2.47. The van der Waals surface area contributed by atoms with E-state index in [1.807, 2.05) is 0 Å². The largest absolute Gasteiger partial charge is 0.390 e. The van der Waals surface area contributed by atoms with Crippen molar-refractivity contribution < 1.29 is 5.11 Å². The van der Waals surface area contributed by atoms with E-state index in [2.05, 4.69) is 13.8 Å².